The zero-order valence-corrected chi connectivity index (χ0v) is 21.5. The van der Waals surface area contributed by atoms with Gasteiger partial charge in [0.25, 0.3) is 5.56 Å². The number of fused-ring (bicyclic) bond motifs is 2. The highest BCUT2D eigenvalue weighted by Crippen LogP contribution is 2.35. The first-order valence-electron chi connectivity index (χ1n) is 11.6. The van der Waals surface area contributed by atoms with E-state index in [0.29, 0.717) is 38.7 Å². The highest BCUT2D eigenvalue weighted by molar-refractivity contribution is 9.10. The van der Waals surface area contributed by atoms with Crippen LogP contribution in [0.1, 0.15) is 25.8 Å². The molecule has 0 spiro atoms. The number of hydrogen-bond acceptors (Lipinski definition) is 7. The van der Waals surface area contributed by atoms with E-state index in [1.54, 1.807) is 36.4 Å². The van der Waals surface area contributed by atoms with Gasteiger partial charge in [-0.25, -0.2) is 4.98 Å². The van der Waals surface area contributed by atoms with Crippen molar-refractivity contribution in [1.82, 2.24) is 9.66 Å². The second-order valence-corrected chi connectivity index (χ2v) is 9.32. The smallest absolute Gasteiger partial charge is 0.312 e. The predicted octanol–water partition coefficient (Wildman–Crippen LogP) is 6.54. The molecule has 1 atom stereocenters. The van der Waals surface area contributed by atoms with E-state index in [0.717, 1.165) is 10.1 Å². The first-order chi connectivity index (χ1) is 17.9. The number of hydrogen-bond donors (Lipinski definition) is 0. The maximum absolute atomic E-state index is 13.5. The SMILES string of the molecule is CC[C@@H](C)Oc1c(C=Nn2c(-c3cc4ccccc4o3)nc3ccccc3c2=O)cc(Br)cc1[N+](=O)[O-]. The summed E-state index contributed by atoms with van der Waals surface area (Å²) in [4.78, 5) is 29.5. The molecule has 0 fully saturated rings. The number of halogens is 1. The van der Waals surface area contributed by atoms with Crippen LogP contribution in [0.5, 0.6) is 5.75 Å². The van der Waals surface area contributed by atoms with Crippen LogP contribution in [0.15, 0.2) is 85.5 Å². The predicted molar refractivity (Wildman–Crippen MR) is 145 cm³/mol. The number of benzene rings is 3. The normalized spacial score (nSPS) is 12.4. The van der Waals surface area contributed by atoms with Crippen molar-refractivity contribution < 1.29 is 14.1 Å². The number of ether oxygens (including phenoxy) is 1. The average Bonchev–Trinajstić information content (AvgIpc) is 3.33. The third kappa shape index (κ3) is 4.75. The number of aromatic nitrogens is 2. The Morgan fingerprint density at radius 1 is 1.19 bits per heavy atom. The molecule has 0 aliphatic carbocycles. The quantitative estimate of drug-likeness (QED) is 0.127. The van der Waals surface area contributed by atoms with Crippen LogP contribution in [0.25, 0.3) is 33.5 Å². The van der Waals surface area contributed by atoms with Gasteiger partial charge in [0.15, 0.2) is 5.76 Å². The Labute approximate surface area is 219 Å². The summed E-state index contributed by atoms with van der Waals surface area (Å²) in [6.45, 7) is 3.74. The minimum atomic E-state index is -0.511. The Hall–Kier alpha value is -4.31. The first kappa shape index (κ1) is 24.4. The fourth-order valence-electron chi connectivity index (χ4n) is 3.85. The van der Waals surface area contributed by atoms with E-state index in [-0.39, 0.29) is 23.4 Å². The van der Waals surface area contributed by atoms with Gasteiger partial charge in [0.05, 0.1) is 28.1 Å². The molecule has 0 bridgehead atoms. The van der Waals surface area contributed by atoms with Crippen molar-refractivity contribution in [3.63, 3.8) is 0 Å². The molecule has 0 amide bonds. The number of furan rings is 1. The largest absolute Gasteiger partial charge is 0.483 e. The van der Waals surface area contributed by atoms with Crippen LogP contribution >= 0.6 is 15.9 Å². The molecule has 10 heteroatoms. The molecular formula is C27H21BrN4O5. The highest BCUT2D eigenvalue weighted by atomic mass is 79.9. The maximum atomic E-state index is 13.5. The van der Waals surface area contributed by atoms with Gasteiger partial charge in [0.1, 0.15) is 5.58 Å². The molecule has 2 heterocycles. The number of nitro groups is 1. The summed E-state index contributed by atoms with van der Waals surface area (Å²) in [6.07, 6.45) is 1.73. The van der Waals surface area contributed by atoms with Crippen LogP contribution in [0, 0.1) is 10.1 Å². The van der Waals surface area contributed by atoms with E-state index in [9.17, 15) is 14.9 Å². The van der Waals surface area contributed by atoms with Gasteiger partial charge in [-0.3, -0.25) is 14.9 Å². The van der Waals surface area contributed by atoms with E-state index < -0.39 is 10.5 Å². The highest BCUT2D eigenvalue weighted by Gasteiger charge is 2.22. The van der Waals surface area contributed by atoms with E-state index in [1.807, 2.05) is 38.1 Å². The lowest BCUT2D eigenvalue weighted by Crippen LogP contribution is -2.20. The Balaban J connectivity index is 1.72. The summed E-state index contributed by atoms with van der Waals surface area (Å²) >= 11 is 3.33. The van der Waals surface area contributed by atoms with Crippen LogP contribution in [-0.2, 0) is 0 Å². The van der Waals surface area contributed by atoms with Crippen LogP contribution in [0.4, 0.5) is 5.69 Å². The Morgan fingerprint density at radius 3 is 2.70 bits per heavy atom. The number of rotatable bonds is 7. The Bertz CT molecular complexity index is 1710. The number of para-hydroxylation sites is 2. The van der Waals surface area contributed by atoms with Crippen molar-refractivity contribution >= 4 is 49.7 Å². The van der Waals surface area contributed by atoms with Crippen molar-refractivity contribution in [3.8, 4) is 17.3 Å². The zero-order chi connectivity index (χ0) is 26.1. The Kier molecular flexibility index (Phi) is 6.58. The summed E-state index contributed by atoms with van der Waals surface area (Å²) in [6, 6.07) is 19.2. The number of nitro benzene ring substituents is 1. The average molecular weight is 561 g/mol. The van der Waals surface area contributed by atoms with Gasteiger partial charge in [-0.2, -0.15) is 9.78 Å². The molecular weight excluding hydrogens is 540 g/mol. The molecule has 0 saturated carbocycles. The van der Waals surface area contributed by atoms with Crippen molar-refractivity contribution in [2.75, 3.05) is 0 Å². The molecule has 2 aromatic heterocycles. The standard InChI is InChI=1S/C27H21BrN4O5/c1-3-16(2)36-25-18(12-19(28)14-22(25)32(34)35)15-29-31-26(24-13-17-8-4-7-11-23(17)37-24)30-21-10-6-5-9-20(21)27(31)33/h4-16H,3H2,1-2H3/t16-/m1/s1. The molecule has 0 saturated heterocycles. The molecule has 0 aliphatic rings. The Morgan fingerprint density at radius 2 is 1.95 bits per heavy atom. The zero-order valence-electron chi connectivity index (χ0n) is 19.9. The van der Waals surface area contributed by atoms with Gasteiger partial charge in [-0.1, -0.05) is 53.2 Å². The van der Waals surface area contributed by atoms with Crippen LogP contribution in [0.2, 0.25) is 0 Å². The topological polar surface area (TPSA) is 113 Å². The molecule has 0 aliphatic heterocycles. The third-order valence-electron chi connectivity index (χ3n) is 5.87. The molecule has 186 valence electrons. The molecule has 3 aromatic carbocycles. The van der Waals surface area contributed by atoms with E-state index in [2.05, 4.69) is 26.0 Å². The van der Waals surface area contributed by atoms with Gasteiger partial charge in [0.2, 0.25) is 11.6 Å². The second-order valence-electron chi connectivity index (χ2n) is 8.40. The fraction of sp³-hybridized carbons (Fsp3) is 0.148. The van der Waals surface area contributed by atoms with E-state index >= 15 is 0 Å². The maximum Gasteiger partial charge on any atom is 0.312 e. The number of nitrogens with zero attached hydrogens (tertiary/aromatic N) is 4. The molecule has 0 N–H and O–H groups in total. The lowest BCUT2D eigenvalue weighted by Gasteiger charge is -2.15. The summed E-state index contributed by atoms with van der Waals surface area (Å²) < 4.78 is 13.5. The molecule has 5 aromatic rings. The molecule has 5 rings (SSSR count). The van der Waals surface area contributed by atoms with E-state index in [1.165, 1.54) is 12.3 Å². The first-order valence-corrected chi connectivity index (χ1v) is 12.3. The van der Waals surface area contributed by atoms with Gasteiger partial charge in [0, 0.05) is 21.5 Å². The van der Waals surface area contributed by atoms with Crippen LogP contribution < -0.4 is 10.3 Å². The summed E-state index contributed by atoms with van der Waals surface area (Å²) in [7, 11) is 0. The van der Waals surface area contributed by atoms with Crippen LogP contribution in [0.3, 0.4) is 0 Å². The van der Waals surface area contributed by atoms with Crippen molar-refractivity contribution in [3.05, 3.63) is 97.2 Å². The fourth-order valence-corrected chi connectivity index (χ4v) is 4.31. The van der Waals surface area contributed by atoms with Crippen molar-refractivity contribution in [2.45, 2.75) is 26.4 Å². The van der Waals surface area contributed by atoms with Crippen molar-refractivity contribution in [1.29, 1.82) is 0 Å². The lowest BCUT2D eigenvalue weighted by atomic mass is 10.2. The van der Waals surface area contributed by atoms with E-state index in [4.69, 9.17) is 9.15 Å². The van der Waals surface area contributed by atoms with Crippen molar-refractivity contribution in [2.24, 2.45) is 5.10 Å². The minimum Gasteiger partial charge on any atom is -0.483 e. The molecule has 9 nitrogen and oxygen atoms in total. The molecule has 0 radical (unpaired) electrons. The monoisotopic (exact) mass is 560 g/mol. The second kappa shape index (κ2) is 9.98. The van der Waals surface area contributed by atoms with Gasteiger partial charge in [-0.05, 0) is 43.7 Å². The summed E-state index contributed by atoms with van der Waals surface area (Å²) in [5.74, 6) is 0.626. The molecule has 0 unspecified atom stereocenters. The summed E-state index contributed by atoms with van der Waals surface area (Å²) in [5.41, 5.74) is 0.844. The van der Waals surface area contributed by atoms with Crippen LogP contribution in [-0.4, -0.2) is 26.9 Å². The minimum absolute atomic E-state index is 0.0679. The third-order valence-corrected chi connectivity index (χ3v) is 6.32. The van der Waals surface area contributed by atoms with Gasteiger partial charge >= 0.3 is 5.69 Å². The molecule has 37 heavy (non-hydrogen) atoms. The summed E-state index contributed by atoms with van der Waals surface area (Å²) in [5, 5.41) is 17.4. The van der Waals surface area contributed by atoms with Gasteiger partial charge < -0.3 is 9.15 Å². The van der Waals surface area contributed by atoms with Gasteiger partial charge in [-0.15, -0.1) is 0 Å². The lowest BCUT2D eigenvalue weighted by molar-refractivity contribution is -0.386.